The Balaban J connectivity index is 0. The second-order valence-corrected chi connectivity index (χ2v) is 16.6. The van der Waals surface area contributed by atoms with Crippen LogP contribution in [-0.4, -0.2) is 12.3 Å². The minimum atomic E-state index is 0. The van der Waals surface area contributed by atoms with Crippen LogP contribution in [0, 0.1) is 17.8 Å². The van der Waals surface area contributed by atoms with Crippen molar-refractivity contribution >= 4 is 42.4 Å². The van der Waals surface area contributed by atoms with Crippen LogP contribution in [0.4, 0.5) is 0 Å². The van der Waals surface area contributed by atoms with Gasteiger partial charge < -0.3 is 6.15 Å². The van der Waals surface area contributed by atoms with E-state index in [1.807, 2.05) is 0 Å². The van der Waals surface area contributed by atoms with Gasteiger partial charge in [0.2, 0.25) is 0 Å². The Kier molecular flexibility index (Phi) is 17.4. The predicted octanol–water partition coefficient (Wildman–Crippen LogP) is 7.32. The third-order valence-corrected chi connectivity index (χ3v) is 7.20. The highest BCUT2D eigenvalue weighted by Crippen LogP contribution is 2.48. The molecule has 0 aromatic carbocycles. The van der Waals surface area contributed by atoms with Crippen LogP contribution in [0.15, 0.2) is 0 Å². The Morgan fingerprint density at radius 2 is 1.19 bits per heavy atom. The molecule has 2 saturated carbocycles. The predicted molar refractivity (Wildman–Crippen MR) is 119 cm³/mol. The van der Waals surface area contributed by atoms with Gasteiger partial charge in [0.15, 0.2) is 0 Å². The van der Waals surface area contributed by atoms with Crippen LogP contribution in [0.25, 0.3) is 0 Å². The molecule has 0 aromatic heterocycles. The van der Waals surface area contributed by atoms with E-state index in [2.05, 4.69) is 40.4 Å². The lowest BCUT2D eigenvalue weighted by Gasteiger charge is -2.37. The molecule has 0 amide bonds. The van der Waals surface area contributed by atoms with Gasteiger partial charge in [0.25, 0.3) is 0 Å². The normalized spacial score (nSPS) is 32.9. The van der Waals surface area contributed by atoms with Gasteiger partial charge in [0, 0.05) is 0 Å². The minimum absolute atomic E-state index is 0. The van der Waals surface area contributed by atoms with Gasteiger partial charge in [-0.15, -0.1) is 26.8 Å². The molecule has 2 aliphatic rings. The average molecular weight is 389 g/mol. The van der Waals surface area contributed by atoms with E-state index < -0.39 is 0 Å². The van der Waals surface area contributed by atoms with E-state index in [4.69, 9.17) is 0 Å². The Hall–Kier alpha value is 2.11. The fourth-order valence-electron chi connectivity index (χ4n) is 3.51. The van der Waals surface area contributed by atoms with Crippen molar-refractivity contribution in [3.63, 3.8) is 0 Å². The Bertz CT molecular complexity index is 221. The quantitative estimate of drug-likeness (QED) is 0.494. The highest BCUT2D eigenvalue weighted by atomic mass is 32.4. The highest BCUT2D eigenvalue weighted by Gasteiger charge is 2.29. The van der Waals surface area contributed by atoms with Crippen molar-refractivity contribution in [2.75, 3.05) is 6.66 Å². The maximum Gasteiger partial charge on any atom is -0.0202 e. The van der Waals surface area contributed by atoms with Crippen LogP contribution in [0.3, 0.4) is 0 Å². The molecule has 0 bridgehead atoms. The van der Waals surface area contributed by atoms with E-state index in [9.17, 15) is 0 Å². The summed E-state index contributed by atoms with van der Waals surface area (Å²) >= 11 is 0. The molecule has 2 fully saturated rings. The van der Waals surface area contributed by atoms with Gasteiger partial charge in [0.1, 0.15) is 0 Å². The van der Waals surface area contributed by atoms with Crippen molar-refractivity contribution < 1.29 is 0 Å². The summed E-state index contributed by atoms with van der Waals surface area (Å²) in [6, 6.07) is 0. The largest absolute Gasteiger partial charge is 0.344 e. The molecular weight excluding hydrogens is 349 g/mol. The lowest BCUT2D eigenvalue weighted by molar-refractivity contribution is 0.174. The van der Waals surface area contributed by atoms with Crippen molar-refractivity contribution in [3.8, 4) is 0 Å². The summed E-state index contributed by atoms with van der Waals surface area (Å²) in [7, 11) is 9.66. The van der Waals surface area contributed by atoms with Gasteiger partial charge in [-0.1, -0.05) is 42.8 Å². The van der Waals surface area contributed by atoms with Gasteiger partial charge in [-0.05, 0) is 68.6 Å². The molecule has 4 atom stereocenters. The average Bonchev–Trinajstić information content (AvgIpc) is 2.39. The van der Waals surface area contributed by atoms with Gasteiger partial charge in [-0.3, -0.25) is 0 Å². The fraction of sp³-hybridized carbons (Fsp3) is 1.00. The Morgan fingerprint density at radius 1 is 0.857 bits per heavy atom. The summed E-state index contributed by atoms with van der Waals surface area (Å²) in [6.45, 7) is 4.59. The monoisotopic (exact) mass is 389 g/mol. The first kappa shape index (κ1) is 25.4. The lowest BCUT2D eigenvalue weighted by Crippen LogP contribution is -2.25. The van der Waals surface area contributed by atoms with E-state index in [1.165, 1.54) is 25.7 Å². The molecule has 21 heavy (non-hydrogen) atoms. The van der Waals surface area contributed by atoms with Crippen LogP contribution in [0.2, 0.25) is 0 Å². The highest BCUT2D eigenvalue weighted by molar-refractivity contribution is 8.43. The third-order valence-electron chi connectivity index (χ3n) is 4.73. The van der Waals surface area contributed by atoms with Crippen molar-refractivity contribution in [2.45, 2.75) is 71.4 Å². The first-order valence-electron chi connectivity index (χ1n) is 7.72. The standard InChI is InChI=1S/C13H26P2.CH7P3.CH4.H3N/c1-10-2-4-11(5-3-10)12-6-8-13(15-14)9-7-12;1-4(2)3;;/h10-13,15H,2-9,14H2,1H3;2-3H2,1H3;1H4;1H3. The third kappa shape index (κ3) is 11.3. The van der Waals surface area contributed by atoms with E-state index in [-0.39, 0.29) is 20.9 Å². The summed E-state index contributed by atoms with van der Waals surface area (Å²) in [6.07, 6.45) is 12.2. The molecule has 0 spiro atoms. The van der Waals surface area contributed by atoms with E-state index in [0.717, 1.165) is 31.7 Å². The zero-order valence-corrected chi connectivity index (χ0v) is 18.7. The number of rotatable bonds is 2. The van der Waals surface area contributed by atoms with Gasteiger partial charge in [-0.2, -0.15) is 0 Å². The van der Waals surface area contributed by atoms with E-state index in [0.29, 0.717) is 0 Å². The number of hydrogen-bond donors (Lipinski definition) is 1. The van der Waals surface area contributed by atoms with Gasteiger partial charge in [-0.25, -0.2) is 0 Å². The maximum atomic E-state index is 2.96. The van der Waals surface area contributed by atoms with Crippen LogP contribution in [0.1, 0.15) is 65.7 Å². The number of hydrogen-bond acceptors (Lipinski definition) is 1. The molecule has 1 nitrogen and oxygen atoms in total. The second-order valence-electron chi connectivity index (χ2n) is 6.46. The summed E-state index contributed by atoms with van der Waals surface area (Å²) in [5.74, 6) is 3.23. The van der Waals surface area contributed by atoms with Crippen LogP contribution in [-0.2, 0) is 0 Å². The molecule has 0 saturated heterocycles. The van der Waals surface area contributed by atoms with Crippen molar-refractivity contribution in [1.29, 1.82) is 0 Å². The van der Waals surface area contributed by atoms with Crippen LogP contribution in [0.5, 0.6) is 0 Å². The minimum Gasteiger partial charge on any atom is -0.344 e. The molecule has 2 rings (SSSR count). The molecule has 130 valence electrons. The lowest BCUT2D eigenvalue weighted by atomic mass is 9.71. The first-order valence-corrected chi connectivity index (χ1v) is 15.6. The zero-order valence-electron chi connectivity index (χ0n) is 13.4. The molecular formula is C15H40NP5. The molecule has 2 aliphatic carbocycles. The Morgan fingerprint density at radius 3 is 1.52 bits per heavy atom. The fourth-order valence-corrected chi connectivity index (χ4v) is 5.18. The summed E-state index contributed by atoms with van der Waals surface area (Å²) in [5, 5.41) is 0. The van der Waals surface area contributed by atoms with Crippen LogP contribution >= 0.6 is 42.4 Å². The van der Waals surface area contributed by atoms with E-state index >= 15 is 0 Å². The summed E-state index contributed by atoms with van der Waals surface area (Å²) < 4.78 is 0. The smallest absolute Gasteiger partial charge is 0.0202 e. The molecule has 6 heteroatoms. The molecule has 3 N–H and O–H groups in total. The molecule has 0 aromatic rings. The van der Waals surface area contributed by atoms with Crippen LogP contribution < -0.4 is 6.15 Å². The SMILES string of the molecule is C.CC1CCC(C2CCC(PP)CC2)CC1.CP(P)P.N. The summed E-state index contributed by atoms with van der Waals surface area (Å²) in [5.41, 5.74) is 1.06. The first-order chi connectivity index (χ1) is 9.02. The molecule has 0 heterocycles. The Labute approximate surface area is 144 Å². The zero-order chi connectivity index (χ0) is 14.3. The van der Waals surface area contributed by atoms with Crippen molar-refractivity contribution in [2.24, 2.45) is 17.8 Å². The maximum absolute atomic E-state index is 2.96. The van der Waals surface area contributed by atoms with Crippen molar-refractivity contribution in [1.82, 2.24) is 6.15 Å². The van der Waals surface area contributed by atoms with Gasteiger partial charge >= 0.3 is 0 Å². The molecule has 0 radical (unpaired) electrons. The van der Waals surface area contributed by atoms with E-state index in [1.54, 1.807) is 25.7 Å². The van der Waals surface area contributed by atoms with Gasteiger partial charge in [0.05, 0.1) is 0 Å². The molecule has 4 unspecified atom stereocenters. The summed E-state index contributed by atoms with van der Waals surface area (Å²) in [4.78, 5) is 0. The molecule has 0 aliphatic heterocycles. The second kappa shape index (κ2) is 14.5. The van der Waals surface area contributed by atoms with Crippen molar-refractivity contribution in [3.05, 3.63) is 0 Å². The topological polar surface area (TPSA) is 35.0 Å².